The third-order valence-corrected chi connectivity index (χ3v) is 6.98. The molecule has 0 saturated carbocycles. The van der Waals surface area contributed by atoms with Gasteiger partial charge in [0.05, 0.1) is 18.2 Å². The maximum Gasteiger partial charge on any atom is 0.223 e. The van der Waals surface area contributed by atoms with Crippen LogP contribution in [0, 0.1) is 17.7 Å². The van der Waals surface area contributed by atoms with Crippen molar-refractivity contribution in [2.24, 2.45) is 18.9 Å². The van der Waals surface area contributed by atoms with Crippen LogP contribution in [0.5, 0.6) is 0 Å². The van der Waals surface area contributed by atoms with Gasteiger partial charge in [0.1, 0.15) is 5.82 Å². The molecule has 0 bridgehead atoms. The van der Waals surface area contributed by atoms with Crippen LogP contribution in [0.2, 0.25) is 0 Å². The Bertz CT molecular complexity index is 896. The van der Waals surface area contributed by atoms with Crippen LogP contribution in [-0.2, 0) is 23.0 Å². The van der Waals surface area contributed by atoms with E-state index in [9.17, 15) is 9.18 Å². The van der Waals surface area contributed by atoms with Gasteiger partial charge in [0.15, 0.2) is 0 Å². The molecule has 3 atom stereocenters. The summed E-state index contributed by atoms with van der Waals surface area (Å²) in [5, 5.41) is 4.19. The first-order valence-corrected chi connectivity index (χ1v) is 11.0. The van der Waals surface area contributed by atoms with E-state index in [1.165, 1.54) is 6.07 Å². The summed E-state index contributed by atoms with van der Waals surface area (Å²) >= 11 is 0. The summed E-state index contributed by atoms with van der Waals surface area (Å²) in [5.41, 5.74) is 1.74. The summed E-state index contributed by atoms with van der Waals surface area (Å²) in [5.74, 6) is 0.587. The van der Waals surface area contributed by atoms with Gasteiger partial charge in [0, 0.05) is 31.9 Å². The van der Waals surface area contributed by atoms with E-state index in [1.54, 1.807) is 18.3 Å². The number of aromatic nitrogens is 2. The second-order valence-electron chi connectivity index (χ2n) is 9.22. The molecule has 0 radical (unpaired) electrons. The van der Waals surface area contributed by atoms with Crippen molar-refractivity contribution in [2.45, 2.75) is 57.6 Å². The summed E-state index contributed by atoms with van der Waals surface area (Å²) in [6, 6.07) is 8.72. The molecule has 0 N–H and O–H groups in total. The fraction of sp³-hybridized carbons (Fsp3) is 0.583. The van der Waals surface area contributed by atoms with Crippen molar-refractivity contribution >= 4 is 5.91 Å². The van der Waals surface area contributed by atoms with Crippen molar-refractivity contribution in [1.82, 2.24) is 14.7 Å². The summed E-state index contributed by atoms with van der Waals surface area (Å²) in [6.45, 7) is 5.71. The van der Waals surface area contributed by atoms with Gasteiger partial charge in [-0.3, -0.25) is 9.48 Å². The van der Waals surface area contributed by atoms with Gasteiger partial charge in [0.2, 0.25) is 5.91 Å². The fourth-order valence-electron chi connectivity index (χ4n) is 5.29. The quantitative estimate of drug-likeness (QED) is 0.735. The van der Waals surface area contributed by atoms with Crippen LogP contribution >= 0.6 is 0 Å². The number of hydrogen-bond acceptors (Lipinski definition) is 3. The molecule has 0 unspecified atom stereocenters. The number of ether oxygens (including phenoxy) is 1. The van der Waals surface area contributed by atoms with Gasteiger partial charge in [-0.25, -0.2) is 4.39 Å². The topological polar surface area (TPSA) is 47.4 Å². The molecule has 2 aliphatic rings. The SMILES string of the molecule is CC(C)[C@@H]1C[C@@]2(CCCN2C(=O)CCc2ccnn2C)CO[C@H]1c1cccc(F)c1. The Morgan fingerprint density at radius 1 is 1.37 bits per heavy atom. The first-order chi connectivity index (χ1) is 14.4. The number of likely N-dealkylation sites (tertiary alicyclic amines) is 1. The van der Waals surface area contributed by atoms with E-state index in [-0.39, 0.29) is 29.3 Å². The number of halogens is 1. The first-order valence-electron chi connectivity index (χ1n) is 11.0. The first kappa shape index (κ1) is 21.0. The average molecular weight is 414 g/mol. The lowest BCUT2D eigenvalue weighted by Crippen LogP contribution is -2.55. The Labute approximate surface area is 178 Å². The van der Waals surface area contributed by atoms with Gasteiger partial charge in [-0.2, -0.15) is 5.10 Å². The van der Waals surface area contributed by atoms with E-state index >= 15 is 0 Å². The van der Waals surface area contributed by atoms with E-state index in [4.69, 9.17) is 4.74 Å². The van der Waals surface area contributed by atoms with Crippen LogP contribution in [-0.4, -0.2) is 39.3 Å². The Balaban J connectivity index is 1.50. The minimum Gasteiger partial charge on any atom is -0.371 e. The normalized spacial score (nSPS) is 26.6. The van der Waals surface area contributed by atoms with Crippen molar-refractivity contribution in [3.8, 4) is 0 Å². The molecule has 1 amide bonds. The van der Waals surface area contributed by atoms with Crippen molar-refractivity contribution in [3.05, 3.63) is 53.6 Å². The zero-order chi connectivity index (χ0) is 21.3. The molecular weight excluding hydrogens is 381 g/mol. The molecular formula is C24H32FN3O2. The Morgan fingerprint density at radius 2 is 2.20 bits per heavy atom. The molecule has 1 aromatic heterocycles. The molecule has 1 aromatic carbocycles. The van der Waals surface area contributed by atoms with E-state index < -0.39 is 0 Å². The zero-order valence-electron chi connectivity index (χ0n) is 18.2. The fourth-order valence-corrected chi connectivity index (χ4v) is 5.29. The summed E-state index contributed by atoms with van der Waals surface area (Å²) in [4.78, 5) is 15.3. The minimum absolute atomic E-state index is 0.127. The van der Waals surface area contributed by atoms with Gasteiger partial charge in [-0.05, 0) is 61.3 Å². The van der Waals surface area contributed by atoms with E-state index in [0.717, 1.165) is 37.1 Å². The smallest absolute Gasteiger partial charge is 0.223 e. The standard InChI is InChI=1S/C24H32FN3O2/c1-17(2)21-15-24(16-30-23(21)18-6-4-7-19(25)14-18)11-5-13-28(24)22(29)9-8-20-10-12-26-27(20)3/h4,6-7,10,12,14,17,21,23H,5,8-9,11,13,15-16H2,1-3H3/t21-,23-,24-/m0/s1. The van der Waals surface area contributed by atoms with E-state index in [2.05, 4.69) is 23.8 Å². The minimum atomic E-state index is -0.234. The van der Waals surface area contributed by atoms with Crippen LogP contribution in [0.4, 0.5) is 4.39 Å². The molecule has 5 nitrogen and oxygen atoms in total. The molecule has 3 heterocycles. The van der Waals surface area contributed by atoms with Crippen molar-refractivity contribution < 1.29 is 13.9 Å². The van der Waals surface area contributed by atoms with Crippen LogP contribution in [0.1, 0.15) is 56.9 Å². The van der Waals surface area contributed by atoms with E-state index in [1.807, 2.05) is 23.9 Å². The second kappa shape index (κ2) is 8.50. The number of amides is 1. The number of carbonyl (C=O) groups excluding carboxylic acids is 1. The van der Waals surface area contributed by atoms with Crippen LogP contribution < -0.4 is 0 Å². The number of nitrogens with zero attached hydrogens (tertiary/aromatic N) is 3. The molecule has 2 aliphatic heterocycles. The van der Waals surface area contributed by atoms with Gasteiger partial charge in [-0.15, -0.1) is 0 Å². The number of aryl methyl sites for hydroxylation is 2. The predicted molar refractivity (Wildman–Crippen MR) is 113 cm³/mol. The number of hydrogen-bond donors (Lipinski definition) is 0. The summed E-state index contributed by atoms with van der Waals surface area (Å²) in [7, 11) is 1.91. The lowest BCUT2D eigenvalue weighted by Gasteiger charge is -2.48. The van der Waals surface area contributed by atoms with Gasteiger partial charge < -0.3 is 9.64 Å². The average Bonchev–Trinajstić information content (AvgIpc) is 3.32. The third-order valence-electron chi connectivity index (χ3n) is 6.98. The zero-order valence-corrected chi connectivity index (χ0v) is 18.2. The van der Waals surface area contributed by atoms with Gasteiger partial charge in [-0.1, -0.05) is 26.0 Å². The second-order valence-corrected chi connectivity index (χ2v) is 9.22. The predicted octanol–water partition coefficient (Wildman–Crippen LogP) is 4.29. The molecule has 6 heteroatoms. The Morgan fingerprint density at radius 3 is 2.90 bits per heavy atom. The lowest BCUT2D eigenvalue weighted by atomic mass is 9.73. The highest BCUT2D eigenvalue weighted by Gasteiger charge is 2.50. The van der Waals surface area contributed by atoms with Gasteiger partial charge >= 0.3 is 0 Å². The van der Waals surface area contributed by atoms with Crippen LogP contribution in [0.15, 0.2) is 36.5 Å². The highest BCUT2D eigenvalue weighted by molar-refractivity contribution is 5.77. The lowest BCUT2D eigenvalue weighted by molar-refractivity contribution is -0.153. The van der Waals surface area contributed by atoms with Crippen molar-refractivity contribution in [3.63, 3.8) is 0 Å². The molecule has 2 aromatic rings. The number of rotatable bonds is 5. The molecule has 162 valence electrons. The molecule has 4 rings (SSSR count). The highest BCUT2D eigenvalue weighted by atomic mass is 19.1. The maximum absolute atomic E-state index is 13.8. The maximum atomic E-state index is 13.8. The molecule has 0 aliphatic carbocycles. The molecule has 30 heavy (non-hydrogen) atoms. The summed E-state index contributed by atoms with van der Waals surface area (Å²) in [6.07, 6.45) is 5.72. The molecule has 2 fully saturated rings. The number of benzene rings is 1. The van der Waals surface area contributed by atoms with E-state index in [0.29, 0.717) is 25.4 Å². The largest absolute Gasteiger partial charge is 0.371 e. The summed E-state index contributed by atoms with van der Waals surface area (Å²) < 4.78 is 22.1. The Hall–Kier alpha value is -2.21. The van der Waals surface area contributed by atoms with Crippen molar-refractivity contribution in [1.29, 1.82) is 0 Å². The van der Waals surface area contributed by atoms with Crippen LogP contribution in [0.25, 0.3) is 0 Å². The van der Waals surface area contributed by atoms with Gasteiger partial charge in [0.25, 0.3) is 0 Å². The highest BCUT2D eigenvalue weighted by Crippen LogP contribution is 2.47. The monoisotopic (exact) mass is 413 g/mol. The van der Waals surface area contributed by atoms with Crippen LogP contribution in [0.3, 0.4) is 0 Å². The molecule has 1 spiro atoms. The Kier molecular flexibility index (Phi) is 5.96. The number of carbonyl (C=O) groups is 1. The molecule has 2 saturated heterocycles. The van der Waals surface area contributed by atoms with Crippen molar-refractivity contribution in [2.75, 3.05) is 13.2 Å². The third kappa shape index (κ3) is 4.02.